The second-order valence-electron chi connectivity index (χ2n) is 1.57. The maximum Gasteiger partial charge on any atom is 0.196 e. The molecule has 1 aromatic rings. The van der Waals surface area contributed by atoms with E-state index in [1.165, 1.54) is 0 Å². The van der Waals surface area contributed by atoms with Gasteiger partial charge in [0.25, 0.3) is 0 Å². The van der Waals surface area contributed by atoms with Gasteiger partial charge in [-0.3, -0.25) is 0 Å². The van der Waals surface area contributed by atoms with E-state index in [0.29, 0.717) is 10.4 Å². The summed E-state index contributed by atoms with van der Waals surface area (Å²) in [6, 6.07) is 0. The Kier molecular flexibility index (Phi) is 1.75. The predicted octanol–water partition coefficient (Wildman–Crippen LogP) is 1.69. The minimum absolute atomic E-state index is 0.358. The van der Waals surface area contributed by atoms with Crippen molar-refractivity contribution in [2.45, 2.75) is 6.92 Å². The highest BCUT2D eigenvalue weighted by Gasteiger charge is 1.97. The van der Waals surface area contributed by atoms with Crippen molar-refractivity contribution in [2.24, 2.45) is 0 Å². The van der Waals surface area contributed by atoms with E-state index in [-0.39, 0.29) is 5.82 Å². The van der Waals surface area contributed by atoms with E-state index >= 15 is 0 Å². The second kappa shape index (κ2) is 2.39. The Balaban J connectivity index is 3.17. The Bertz CT molecular complexity index is 226. The molecule has 0 radical (unpaired) electrons. The molecule has 0 N–H and O–H groups in total. The van der Waals surface area contributed by atoms with E-state index in [0.717, 1.165) is 6.20 Å². The van der Waals surface area contributed by atoms with E-state index < -0.39 is 0 Å². The van der Waals surface area contributed by atoms with Crippen molar-refractivity contribution in [2.75, 3.05) is 0 Å². The molecule has 0 bridgehead atoms. The summed E-state index contributed by atoms with van der Waals surface area (Å²) in [6.45, 7) is 1.59. The largest absolute Gasteiger partial charge is 0.228 e. The first-order chi connectivity index (χ1) is 4.20. The van der Waals surface area contributed by atoms with Crippen LogP contribution in [-0.2, 0) is 0 Å². The Morgan fingerprint density at radius 2 is 2.33 bits per heavy atom. The zero-order chi connectivity index (χ0) is 6.85. The molecule has 0 saturated heterocycles. The van der Waals surface area contributed by atoms with E-state index in [1.54, 1.807) is 6.92 Å². The molecular weight excluding hydrogens is 187 g/mol. The quantitative estimate of drug-likeness (QED) is 0.583. The summed E-state index contributed by atoms with van der Waals surface area (Å²) in [5.41, 5.74) is 0.358. The van der Waals surface area contributed by atoms with Gasteiger partial charge in [0.05, 0.1) is 11.9 Å². The molecule has 0 saturated carbocycles. The molecule has 48 valence electrons. The summed E-state index contributed by atoms with van der Waals surface area (Å²) in [4.78, 5) is 7.27. The standard InChI is InChI=1S/C5H4BrFN2/c1-3-4(7)2-8-5(6)9-3/h2H,1H3. The van der Waals surface area contributed by atoms with Crippen molar-refractivity contribution in [3.8, 4) is 0 Å². The van der Waals surface area contributed by atoms with E-state index in [4.69, 9.17) is 0 Å². The maximum absolute atomic E-state index is 12.4. The molecule has 0 aliphatic carbocycles. The van der Waals surface area contributed by atoms with Gasteiger partial charge in [-0.15, -0.1) is 0 Å². The topological polar surface area (TPSA) is 25.8 Å². The lowest BCUT2D eigenvalue weighted by molar-refractivity contribution is 0.599. The van der Waals surface area contributed by atoms with Crippen molar-refractivity contribution >= 4 is 15.9 Å². The molecule has 0 unspecified atom stereocenters. The van der Waals surface area contributed by atoms with E-state index in [1.807, 2.05) is 0 Å². The maximum atomic E-state index is 12.4. The highest BCUT2D eigenvalue weighted by Crippen LogP contribution is 2.04. The third-order valence-corrected chi connectivity index (χ3v) is 1.27. The van der Waals surface area contributed by atoms with Gasteiger partial charge in [-0.05, 0) is 22.9 Å². The van der Waals surface area contributed by atoms with Gasteiger partial charge in [-0.25, -0.2) is 14.4 Å². The smallest absolute Gasteiger partial charge is 0.196 e. The first kappa shape index (κ1) is 6.61. The van der Waals surface area contributed by atoms with Crippen molar-refractivity contribution in [1.29, 1.82) is 0 Å². The first-order valence-electron chi connectivity index (χ1n) is 2.35. The van der Waals surface area contributed by atoms with Crippen LogP contribution in [0, 0.1) is 12.7 Å². The molecular formula is C5H4BrFN2. The van der Waals surface area contributed by atoms with Crippen molar-refractivity contribution < 1.29 is 4.39 Å². The van der Waals surface area contributed by atoms with Crippen molar-refractivity contribution in [1.82, 2.24) is 9.97 Å². The van der Waals surface area contributed by atoms with Crippen LogP contribution in [0.5, 0.6) is 0 Å². The van der Waals surface area contributed by atoms with Crippen LogP contribution in [0.1, 0.15) is 5.69 Å². The second-order valence-corrected chi connectivity index (χ2v) is 2.28. The van der Waals surface area contributed by atoms with Gasteiger partial charge in [0.1, 0.15) is 0 Å². The highest BCUT2D eigenvalue weighted by molar-refractivity contribution is 9.10. The summed E-state index contributed by atoms with van der Waals surface area (Å²) in [5, 5.41) is 0. The Hall–Kier alpha value is -0.510. The Labute approximate surface area is 60.3 Å². The lowest BCUT2D eigenvalue weighted by atomic mass is 10.4. The van der Waals surface area contributed by atoms with Crippen LogP contribution in [0.4, 0.5) is 4.39 Å². The molecule has 0 atom stereocenters. The highest BCUT2D eigenvalue weighted by atomic mass is 79.9. The fourth-order valence-corrected chi connectivity index (χ4v) is 0.792. The summed E-state index contributed by atoms with van der Waals surface area (Å²) in [7, 11) is 0. The molecule has 0 aromatic carbocycles. The van der Waals surface area contributed by atoms with Gasteiger partial charge in [0.2, 0.25) is 0 Å². The van der Waals surface area contributed by atoms with Crippen LogP contribution < -0.4 is 0 Å². The zero-order valence-corrected chi connectivity index (χ0v) is 6.31. The predicted molar refractivity (Wildman–Crippen MR) is 34.4 cm³/mol. The minimum Gasteiger partial charge on any atom is -0.228 e. The fraction of sp³-hybridized carbons (Fsp3) is 0.200. The van der Waals surface area contributed by atoms with Crippen LogP contribution in [0.15, 0.2) is 10.9 Å². The van der Waals surface area contributed by atoms with Gasteiger partial charge in [-0.2, -0.15) is 0 Å². The van der Waals surface area contributed by atoms with Gasteiger partial charge in [-0.1, -0.05) is 0 Å². The monoisotopic (exact) mass is 190 g/mol. The molecule has 0 amide bonds. The fourth-order valence-electron chi connectivity index (χ4n) is 0.424. The van der Waals surface area contributed by atoms with Crippen molar-refractivity contribution in [3.63, 3.8) is 0 Å². The molecule has 1 aromatic heterocycles. The number of hydrogen-bond donors (Lipinski definition) is 0. The summed E-state index contributed by atoms with van der Waals surface area (Å²) in [6.07, 6.45) is 1.13. The first-order valence-corrected chi connectivity index (χ1v) is 3.14. The van der Waals surface area contributed by atoms with Gasteiger partial charge in [0, 0.05) is 0 Å². The lowest BCUT2D eigenvalue weighted by Crippen LogP contribution is -1.90. The minimum atomic E-state index is -0.377. The molecule has 0 spiro atoms. The average molecular weight is 191 g/mol. The van der Waals surface area contributed by atoms with Crippen LogP contribution in [0.3, 0.4) is 0 Å². The average Bonchev–Trinajstić information content (AvgIpc) is 1.80. The molecule has 4 heteroatoms. The van der Waals surface area contributed by atoms with E-state index in [2.05, 4.69) is 25.9 Å². The molecule has 1 rings (SSSR count). The zero-order valence-electron chi connectivity index (χ0n) is 4.73. The molecule has 1 heterocycles. The van der Waals surface area contributed by atoms with Gasteiger partial charge in [0.15, 0.2) is 10.6 Å². The number of nitrogens with zero attached hydrogens (tertiary/aromatic N) is 2. The molecule has 0 fully saturated rings. The normalized spacial score (nSPS) is 9.67. The molecule has 9 heavy (non-hydrogen) atoms. The Morgan fingerprint density at radius 1 is 1.67 bits per heavy atom. The number of rotatable bonds is 0. The molecule has 2 nitrogen and oxygen atoms in total. The van der Waals surface area contributed by atoms with Gasteiger partial charge >= 0.3 is 0 Å². The summed E-state index contributed by atoms with van der Waals surface area (Å²) in [5.74, 6) is -0.377. The number of halogens is 2. The number of hydrogen-bond acceptors (Lipinski definition) is 2. The van der Waals surface area contributed by atoms with E-state index in [9.17, 15) is 4.39 Å². The SMILES string of the molecule is Cc1nc(Br)ncc1F. The number of aromatic nitrogens is 2. The van der Waals surface area contributed by atoms with Crippen LogP contribution in [-0.4, -0.2) is 9.97 Å². The van der Waals surface area contributed by atoms with Crippen LogP contribution in [0.2, 0.25) is 0 Å². The third kappa shape index (κ3) is 1.45. The van der Waals surface area contributed by atoms with Crippen LogP contribution >= 0.6 is 15.9 Å². The molecule has 0 aliphatic rings. The van der Waals surface area contributed by atoms with Crippen LogP contribution in [0.25, 0.3) is 0 Å². The van der Waals surface area contributed by atoms with Crippen molar-refractivity contribution in [3.05, 3.63) is 22.4 Å². The molecule has 0 aliphatic heterocycles. The van der Waals surface area contributed by atoms with Gasteiger partial charge < -0.3 is 0 Å². The summed E-state index contributed by atoms with van der Waals surface area (Å²) < 4.78 is 12.8. The number of aryl methyl sites for hydroxylation is 1. The Morgan fingerprint density at radius 3 is 2.78 bits per heavy atom. The summed E-state index contributed by atoms with van der Waals surface area (Å²) >= 11 is 3.01. The lowest BCUT2D eigenvalue weighted by Gasteiger charge is -1.91. The third-order valence-electron chi connectivity index (χ3n) is 0.890.